The van der Waals surface area contributed by atoms with Crippen LogP contribution in [0, 0.1) is 0 Å². The fourth-order valence-corrected chi connectivity index (χ4v) is 4.60. The summed E-state index contributed by atoms with van der Waals surface area (Å²) in [7, 11) is -0.671. The summed E-state index contributed by atoms with van der Waals surface area (Å²) in [5, 5.41) is 13.6. The highest BCUT2D eigenvalue weighted by atomic mass is 31.1. The second-order valence-electron chi connectivity index (χ2n) is 5.93. The van der Waals surface area contributed by atoms with Gasteiger partial charge in [0.25, 0.3) is 0 Å². The topological polar surface area (TPSA) is 58.6 Å². The molecule has 2 rings (SSSR count). The summed E-state index contributed by atoms with van der Waals surface area (Å²) >= 11 is 0. The van der Waals surface area contributed by atoms with E-state index in [1.165, 1.54) is 18.2 Å². The average Bonchev–Trinajstić information content (AvgIpc) is 2.43. The van der Waals surface area contributed by atoms with E-state index in [1.54, 1.807) is 13.0 Å². The van der Waals surface area contributed by atoms with E-state index >= 15 is 0 Å². The molecule has 4 nitrogen and oxygen atoms in total. The van der Waals surface area contributed by atoms with Crippen LogP contribution in [0.15, 0.2) is 46.5 Å². The molecule has 0 spiro atoms. The third-order valence-corrected chi connectivity index (χ3v) is 5.42. The summed E-state index contributed by atoms with van der Waals surface area (Å²) in [5.74, 6) is -2.07. The molecule has 0 saturated carbocycles. The molecule has 1 aromatic carbocycles. The van der Waals surface area contributed by atoms with Crippen LogP contribution in [0.3, 0.4) is 0 Å². The summed E-state index contributed by atoms with van der Waals surface area (Å²) in [6.45, 7) is 7.47. The van der Waals surface area contributed by atoms with Crippen molar-refractivity contribution in [2.24, 2.45) is 0 Å². The van der Waals surface area contributed by atoms with Gasteiger partial charge in [0, 0.05) is 17.3 Å². The highest BCUT2D eigenvalue weighted by Crippen LogP contribution is 2.52. The lowest BCUT2D eigenvalue weighted by Crippen LogP contribution is -2.27. The van der Waals surface area contributed by atoms with Gasteiger partial charge in [-0.1, -0.05) is 20.1 Å². The van der Waals surface area contributed by atoms with Gasteiger partial charge in [0.1, 0.15) is 5.75 Å². The number of aliphatic carboxylic acids is 1. The molecule has 0 amide bonds. The number of hydrogen-bond acceptors (Lipinski definition) is 3. The minimum absolute atomic E-state index is 0.140. The molecule has 1 aliphatic heterocycles. The van der Waals surface area contributed by atoms with E-state index in [2.05, 4.69) is 10.1 Å². The van der Waals surface area contributed by atoms with Gasteiger partial charge in [0.15, 0.2) is 0 Å². The van der Waals surface area contributed by atoms with Gasteiger partial charge < -0.3 is 15.2 Å². The first-order valence-corrected chi connectivity index (χ1v) is 9.69. The van der Waals surface area contributed by atoms with Gasteiger partial charge >= 0.3 is 12.3 Å². The predicted octanol–water partition coefficient (Wildman–Crippen LogP) is 4.60. The van der Waals surface area contributed by atoms with Crippen molar-refractivity contribution in [3.63, 3.8) is 0 Å². The van der Waals surface area contributed by atoms with Crippen LogP contribution < -0.4 is 10.1 Å². The Kier molecular flexibility index (Phi) is 5.47. The normalized spacial score (nSPS) is 18.5. The van der Waals surface area contributed by atoms with Crippen LogP contribution in [-0.4, -0.2) is 30.8 Å². The molecule has 0 bridgehead atoms. The van der Waals surface area contributed by atoms with Gasteiger partial charge in [-0.25, -0.2) is 4.79 Å². The van der Waals surface area contributed by atoms with E-state index in [1.807, 2.05) is 20.3 Å². The zero-order valence-corrected chi connectivity index (χ0v) is 15.1. The molecule has 8 heteroatoms. The van der Waals surface area contributed by atoms with Gasteiger partial charge in [-0.2, -0.15) is 0 Å². The summed E-state index contributed by atoms with van der Waals surface area (Å²) in [5.41, 5.74) is 1.93. The quantitative estimate of drug-likeness (QED) is 0.757. The lowest BCUT2D eigenvalue weighted by molar-refractivity contribution is -0.274. The van der Waals surface area contributed by atoms with Crippen molar-refractivity contribution in [2.45, 2.75) is 26.1 Å². The van der Waals surface area contributed by atoms with Crippen LogP contribution in [0.1, 0.15) is 25.3 Å². The Morgan fingerprint density at radius 2 is 1.88 bits per heavy atom. The molecule has 1 atom stereocenters. The van der Waals surface area contributed by atoms with Crippen molar-refractivity contribution in [3.8, 4) is 5.75 Å². The van der Waals surface area contributed by atoms with Crippen LogP contribution >= 0.6 is 7.92 Å². The summed E-state index contributed by atoms with van der Waals surface area (Å²) in [6.07, 6.45) is -4.80. The number of hydrogen-bond donors (Lipinski definition) is 2. The smallest absolute Gasteiger partial charge is 0.478 e. The van der Waals surface area contributed by atoms with Gasteiger partial charge in [0.05, 0.1) is 5.57 Å². The Bertz CT molecular complexity index is 754. The third-order valence-electron chi connectivity index (χ3n) is 3.86. The van der Waals surface area contributed by atoms with E-state index in [4.69, 9.17) is 0 Å². The average molecular weight is 373 g/mol. The van der Waals surface area contributed by atoms with Gasteiger partial charge in [-0.3, -0.25) is 0 Å². The molecule has 1 aliphatic rings. The molecule has 0 radical (unpaired) electrons. The van der Waals surface area contributed by atoms with Crippen LogP contribution in [0.2, 0.25) is 0 Å². The zero-order valence-electron chi connectivity index (χ0n) is 14.2. The van der Waals surface area contributed by atoms with E-state index in [0.717, 1.165) is 11.0 Å². The van der Waals surface area contributed by atoms with E-state index < -0.39 is 26.2 Å². The van der Waals surface area contributed by atoms with Crippen LogP contribution in [0.25, 0.3) is 0 Å². The van der Waals surface area contributed by atoms with E-state index in [0.29, 0.717) is 11.3 Å². The number of carbonyl (C=O) groups is 1. The second-order valence-corrected chi connectivity index (χ2v) is 8.20. The molecule has 0 saturated heterocycles. The molecule has 136 valence electrons. The Balaban J connectivity index is 2.60. The highest BCUT2D eigenvalue weighted by molar-refractivity contribution is 7.60. The lowest BCUT2D eigenvalue weighted by Gasteiger charge is -2.33. The molecule has 25 heavy (non-hydrogen) atoms. The van der Waals surface area contributed by atoms with Crippen molar-refractivity contribution in [1.29, 1.82) is 0 Å². The first-order chi connectivity index (χ1) is 11.5. The molecule has 0 aliphatic carbocycles. The Hall–Kier alpha value is -2.01. The molecule has 1 heterocycles. The number of rotatable bonds is 4. The molecule has 2 N–H and O–H groups in total. The zero-order chi connectivity index (χ0) is 18.9. The number of carboxylic acid groups (broad SMARTS) is 1. The number of allylic oxidation sites excluding steroid dienone is 3. The minimum atomic E-state index is -4.80. The first kappa shape index (κ1) is 19.3. The number of alkyl halides is 3. The predicted molar refractivity (Wildman–Crippen MR) is 90.8 cm³/mol. The number of benzene rings is 1. The standard InChI is InChI=1S/C17H19F3NO3P/c1-9-13(16(22)23)14(15(25(3)4)10(2)21-9)11-6-5-7-12(8-11)24-17(18,19)20/h5-8,14,21H,1-4H3,(H,22,23). The highest BCUT2D eigenvalue weighted by Gasteiger charge is 2.35. The largest absolute Gasteiger partial charge is 0.573 e. The monoisotopic (exact) mass is 373 g/mol. The number of halogens is 3. The van der Waals surface area contributed by atoms with Crippen molar-refractivity contribution in [3.05, 3.63) is 52.1 Å². The molecule has 1 aromatic rings. The SMILES string of the molecule is CC1=C(C(=O)O)C(c2cccc(OC(F)(F)F)c2)C(P(C)C)=C(C)N1. The maximum Gasteiger partial charge on any atom is 0.573 e. The van der Waals surface area contributed by atoms with E-state index in [9.17, 15) is 23.1 Å². The fourth-order valence-electron chi connectivity index (χ4n) is 3.08. The van der Waals surface area contributed by atoms with Gasteiger partial charge in [-0.05, 0) is 50.2 Å². The maximum absolute atomic E-state index is 12.5. The van der Waals surface area contributed by atoms with Crippen LogP contribution in [0.4, 0.5) is 13.2 Å². The van der Waals surface area contributed by atoms with Crippen molar-refractivity contribution in [1.82, 2.24) is 5.32 Å². The molecule has 0 fully saturated rings. The van der Waals surface area contributed by atoms with Crippen molar-refractivity contribution >= 4 is 13.9 Å². The maximum atomic E-state index is 12.5. The number of ether oxygens (including phenoxy) is 1. The molecule has 0 aromatic heterocycles. The molecular formula is C17H19F3NO3P. The number of nitrogens with one attached hydrogen (secondary N) is 1. The second kappa shape index (κ2) is 7.08. The van der Waals surface area contributed by atoms with E-state index in [-0.39, 0.29) is 11.3 Å². The lowest BCUT2D eigenvalue weighted by atomic mass is 9.86. The third kappa shape index (κ3) is 4.34. The fraction of sp³-hybridized carbons (Fsp3) is 0.353. The van der Waals surface area contributed by atoms with Gasteiger partial charge in [0.2, 0.25) is 0 Å². The number of carboxylic acids is 1. The Labute approximate surface area is 145 Å². The van der Waals surface area contributed by atoms with Crippen LogP contribution in [0.5, 0.6) is 5.75 Å². The summed E-state index contributed by atoms with van der Waals surface area (Å²) in [6, 6.07) is 5.52. The molecule has 1 unspecified atom stereocenters. The summed E-state index contributed by atoms with van der Waals surface area (Å²) in [4.78, 5) is 11.8. The Morgan fingerprint density at radius 1 is 1.24 bits per heavy atom. The summed E-state index contributed by atoms with van der Waals surface area (Å²) < 4.78 is 41.5. The first-order valence-electron chi connectivity index (χ1n) is 7.46. The van der Waals surface area contributed by atoms with Gasteiger partial charge in [-0.15, -0.1) is 13.2 Å². The van der Waals surface area contributed by atoms with Crippen molar-refractivity contribution in [2.75, 3.05) is 13.3 Å². The van der Waals surface area contributed by atoms with Crippen LogP contribution in [-0.2, 0) is 4.79 Å². The minimum Gasteiger partial charge on any atom is -0.478 e. The Morgan fingerprint density at radius 3 is 2.40 bits per heavy atom. The number of dihydropyridines is 1. The molecular weight excluding hydrogens is 354 g/mol. The van der Waals surface area contributed by atoms with Crippen molar-refractivity contribution < 1.29 is 27.8 Å².